The van der Waals surface area contributed by atoms with Gasteiger partial charge in [0.25, 0.3) is 5.91 Å². The van der Waals surface area contributed by atoms with E-state index in [9.17, 15) is 9.59 Å². The Hall–Kier alpha value is -2.53. The summed E-state index contributed by atoms with van der Waals surface area (Å²) in [6.07, 6.45) is 4.81. The van der Waals surface area contributed by atoms with E-state index < -0.39 is 6.04 Å². The Balaban J connectivity index is 1.76. The molecule has 1 unspecified atom stereocenters. The van der Waals surface area contributed by atoms with Crippen LogP contribution in [0.25, 0.3) is 0 Å². The molecule has 0 radical (unpaired) electrons. The Kier molecular flexibility index (Phi) is 8.57. The minimum atomic E-state index is -0.554. The SMILES string of the molecule is CCC(C(=O)NC1CCCC1)N(Cc1ccc(Cl)cc1)C(=O)COc1ccc(C)cc1C. The summed E-state index contributed by atoms with van der Waals surface area (Å²) in [4.78, 5) is 28.1. The standard InChI is InChI=1S/C26H33ClN2O3/c1-4-23(26(31)28-22-7-5-6-8-22)29(16-20-10-12-21(27)13-11-20)25(30)17-32-24-14-9-18(2)15-19(24)3/h9-15,22-23H,4-8,16-17H2,1-3H3,(H,28,31). The first-order valence-electron chi connectivity index (χ1n) is 11.4. The Labute approximate surface area is 196 Å². The van der Waals surface area contributed by atoms with Crippen LogP contribution in [0.2, 0.25) is 5.02 Å². The molecule has 0 aliphatic heterocycles. The van der Waals surface area contributed by atoms with E-state index in [1.165, 1.54) is 0 Å². The maximum absolute atomic E-state index is 13.3. The van der Waals surface area contributed by atoms with Gasteiger partial charge in [0, 0.05) is 17.6 Å². The number of halogens is 1. The summed E-state index contributed by atoms with van der Waals surface area (Å²) < 4.78 is 5.86. The number of rotatable bonds is 9. The maximum atomic E-state index is 13.3. The summed E-state index contributed by atoms with van der Waals surface area (Å²) in [5, 5.41) is 3.79. The van der Waals surface area contributed by atoms with Crippen molar-refractivity contribution < 1.29 is 14.3 Å². The van der Waals surface area contributed by atoms with Gasteiger partial charge in [-0.15, -0.1) is 0 Å². The lowest BCUT2D eigenvalue weighted by Gasteiger charge is -2.31. The van der Waals surface area contributed by atoms with Crippen molar-refractivity contribution in [3.63, 3.8) is 0 Å². The predicted molar refractivity (Wildman–Crippen MR) is 128 cm³/mol. The third kappa shape index (κ3) is 6.49. The van der Waals surface area contributed by atoms with Crippen LogP contribution in [0, 0.1) is 13.8 Å². The fourth-order valence-corrected chi connectivity index (χ4v) is 4.38. The smallest absolute Gasteiger partial charge is 0.261 e. The largest absolute Gasteiger partial charge is 0.483 e. The van der Waals surface area contributed by atoms with Gasteiger partial charge >= 0.3 is 0 Å². The van der Waals surface area contributed by atoms with Crippen LogP contribution in [0.5, 0.6) is 5.75 Å². The van der Waals surface area contributed by atoms with Gasteiger partial charge in [-0.2, -0.15) is 0 Å². The maximum Gasteiger partial charge on any atom is 0.261 e. The van der Waals surface area contributed by atoms with Crippen LogP contribution in [0.1, 0.15) is 55.7 Å². The van der Waals surface area contributed by atoms with Gasteiger partial charge < -0.3 is 15.0 Å². The molecule has 32 heavy (non-hydrogen) atoms. The van der Waals surface area contributed by atoms with Gasteiger partial charge in [0.1, 0.15) is 11.8 Å². The van der Waals surface area contributed by atoms with Crippen LogP contribution in [-0.2, 0) is 16.1 Å². The summed E-state index contributed by atoms with van der Waals surface area (Å²) >= 11 is 6.02. The fraction of sp³-hybridized carbons (Fsp3) is 0.462. The molecule has 2 amide bonds. The minimum Gasteiger partial charge on any atom is -0.483 e. The van der Waals surface area contributed by atoms with Crippen molar-refractivity contribution in [2.45, 2.75) is 71.5 Å². The van der Waals surface area contributed by atoms with Crippen LogP contribution in [-0.4, -0.2) is 35.4 Å². The molecule has 0 spiro atoms. The number of hydrogen-bond donors (Lipinski definition) is 1. The van der Waals surface area contributed by atoms with Gasteiger partial charge in [-0.25, -0.2) is 0 Å². The van der Waals surface area contributed by atoms with E-state index in [1.54, 1.807) is 17.0 Å². The number of carbonyl (C=O) groups is 2. The second kappa shape index (κ2) is 11.4. The van der Waals surface area contributed by atoms with Gasteiger partial charge in [-0.05, 0) is 62.4 Å². The van der Waals surface area contributed by atoms with Gasteiger partial charge in [-0.3, -0.25) is 9.59 Å². The van der Waals surface area contributed by atoms with E-state index in [2.05, 4.69) is 5.32 Å². The van der Waals surface area contributed by atoms with E-state index in [1.807, 2.05) is 51.1 Å². The van der Waals surface area contributed by atoms with Crippen LogP contribution in [0.3, 0.4) is 0 Å². The first-order chi connectivity index (χ1) is 15.4. The monoisotopic (exact) mass is 456 g/mol. The predicted octanol–water partition coefficient (Wildman–Crippen LogP) is 5.20. The van der Waals surface area contributed by atoms with E-state index in [0.29, 0.717) is 23.7 Å². The normalized spacial score (nSPS) is 14.8. The second-order valence-corrected chi connectivity index (χ2v) is 9.06. The molecule has 3 rings (SSSR count). The number of amides is 2. The van der Waals surface area contributed by atoms with Crippen molar-refractivity contribution in [1.29, 1.82) is 0 Å². The zero-order valence-electron chi connectivity index (χ0n) is 19.2. The molecule has 0 heterocycles. The highest BCUT2D eigenvalue weighted by atomic mass is 35.5. The molecule has 6 heteroatoms. The van der Waals surface area contributed by atoms with Crippen molar-refractivity contribution in [1.82, 2.24) is 10.2 Å². The summed E-state index contributed by atoms with van der Waals surface area (Å²) in [5.74, 6) is 0.375. The Bertz CT molecular complexity index is 923. The van der Waals surface area contributed by atoms with Gasteiger partial charge in [-0.1, -0.05) is 61.2 Å². The number of nitrogens with one attached hydrogen (secondary N) is 1. The lowest BCUT2D eigenvalue weighted by Crippen LogP contribution is -2.52. The Morgan fingerprint density at radius 1 is 1.12 bits per heavy atom. The molecular formula is C26H33ClN2O3. The lowest BCUT2D eigenvalue weighted by atomic mass is 10.1. The zero-order chi connectivity index (χ0) is 23.1. The molecule has 1 saturated carbocycles. The molecule has 2 aromatic carbocycles. The van der Waals surface area contributed by atoms with Crippen molar-refractivity contribution in [2.24, 2.45) is 0 Å². The van der Waals surface area contributed by atoms with Gasteiger partial charge in [0.2, 0.25) is 5.91 Å². The van der Waals surface area contributed by atoms with Gasteiger partial charge in [0.15, 0.2) is 6.61 Å². The molecule has 2 aromatic rings. The van der Waals surface area contributed by atoms with Crippen LogP contribution >= 0.6 is 11.6 Å². The van der Waals surface area contributed by atoms with Crippen LogP contribution in [0.15, 0.2) is 42.5 Å². The first kappa shape index (κ1) is 24.1. The highest BCUT2D eigenvalue weighted by molar-refractivity contribution is 6.30. The molecule has 5 nitrogen and oxygen atoms in total. The summed E-state index contributed by atoms with van der Waals surface area (Å²) in [6.45, 7) is 6.12. The summed E-state index contributed by atoms with van der Waals surface area (Å²) in [5.41, 5.74) is 3.04. The summed E-state index contributed by atoms with van der Waals surface area (Å²) in [6, 6.07) is 12.9. The molecule has 0 saturated heterocycles. The molecule has 1 atom stereocenters. The first-order valence-corrected chi connectivity index (χ1v) is 11.8. The third-order valence-corrected chi connectivity index (χ3v) is 6.29. The van der Waals surface area contributed by atoms with Crippen LogP contribution in [0.4, 0.5) is 0 Å². The fourth-order valence-electron chi connectivity index (χ4n) is 4.26. The molecule has 0 aromatic heterocycles. The van der Waals surface area contributed by atoms with E-state index in [4.69, 9.17) is 16.3 Å². The highest BCUT2D eigenvalue weighted by Gasteiger charge is 2.30. The van der Waals surface area contributed by atoms with Crippen molar-refractivity contribution in [3.05, 3.63) is 64.2 Å². The number of aryl methyl sites for hydroxylation is 2. The van der Waals surface area contributed by atoms with E-state index >= 15 is 0 Å². The van der Waals surface area contributed by atoms with Crippen molar-refractivity contribution in [3.8, 4) is 5.75 Å². The van der Waals surface area contributed by atoms with Crippen LogP contribution < -0.4 is 10.1 Å². The number of nitrogens with zero attached hydrogens (tertiary/aromatic N) is 1. The molecule has 172 valence electrons. The number of carbonyl (C=O) groups excluding carboxylic acids is 2. The number of benzene rings is 2. The highest BCUT2D eigenvalue weighted by Crippen LogP contribution is 2.21. The molecule has 1 aliphatic rings. The third-order valence-electron chi connectivity index (χ3n) is 6.04. The number of hydrogen-bond acceptors (Lipinski definition) is 3. The minimum absolute atomic E-state index is 0.0896. The topological polar surface area (TPSA) is 58.6 Å². The molecule has 0 bridgehead atoms. The molecule has 1 aliphatic carbocycles. The Morgan fingerprint density at radius 2 is 1.81 bits per heavy atom. The quantitative estimate of drug-likeness (QED) is 0.564. The van der Waals surface area contributed by atoms with Crippen molar-refractivity contribution in [2.75, 3.05) is 6.61 Å². The average molecular weight is 457 g/mol. The summed E-state index contributed by atoms with van der Waals surface area (Å²) in [7, 11) is 0. The Morgan fingerprint density at radius 3 is 2.44 bits per heavy atom. The average Bonchev–Trinajstić information content (AvgIpc) is 3.27. The second-order valence-electron chi connectivity index (χ2n) is 8.62. The molecule has 1 N–H and O–H groups in total. The van der Waals surface area contributed by atoms with E-state index in [-0.39, 0.29) is 24.5 Å². The lowest BCUT2D eigenvalue weighted by molar-refractivity contribution is -0.143. The van der Waals surface area contributed by atoms with E-state index in [0.717, 1.165) is 42.4 Å². The molecule has 1 fully saturated rings. The zero-order valence-corrected chi connectivity index (χ0v) is 20.0. The number of ether oxygens (including phenoxy) is 1. The van der Waals surface area contributed by atoms with Crippen molar-refractivity contribution >= 4 is 23.4 Å². The van der Waals surface area contributed by atoms with Gasteiger partial charge in [0.05, 0.1) is 0 Å². The molecular weight excluding hydrogens is 424 g/mol.